The van der Waals surface area contributed by atoms with Gasteiger partial charge in [0.25, 0.3) is 17.7 Å². The van der Waals surface area contributed by atoms with Crippen molar-refractivity contribution in [1.29, 1.82) is 0 Å². The molecule has 0 radical (unpaired) electrons. The number of para-hydroxylation sites is 3. The number of amides is 3. The highest BCUT2D eigenvalue weighted by Crippen LogP contribution is 2.22. The smallest absolute Gasteiger partial charge is 0.298 e. The quantitative estimate of drug-likeness (QED) is 0.278. The highest BCUT2D eigenvalue weighted by Gasteiger charge is 2.26. The molecular weight excluding hydrogens is 520 g/mol. The van der Waals surface area contributed by atoms with Crippen molar-refractivity contribution < 1.29 is 28.6 Å². The molecule has 0 heterocycles. The first-order valence-corrected chi connectivity index (χ1v) is 12.6. The fourth-order valence-electron chi connectivity index (χ4n) is 3.25. The van der Waals surface area contributed by atoms with Gasteiger partial charge >= 0.3 is 0 Å². The molecule has 0 aromatic heterocycles. The molecule has 0 unspecified atom stereocenters. The first-order chi connectivity index (χ1) is 18.8. The molecule has 0 saturated heterocycles. The molecule has 0 aliphatic heterocycles. The highest BCUT2D eigenvalue weighted by molar-refractivity contribution is 6.15. The molecule has 0 atom stereocenters. The molecule has 12 nitrogen and oxygen atoms in total. The largest absolute Gasteiger partial charge is 0.496 e. The van der Waals surface area contributed by atoms with Crippen LogP contribution < -0.4 is 14.2 Å². The van der Waals surface area contributed by atoms with E-state index in [0.717, 1.165) is 0 Å². The standard InChI is InChI=1S/C26H26N6O6Si/c1-36-20-13-7-4-10-17(20)23(33)28-27-16-26(39,31-29-24(34)18-11-5-8-14-21(18)37-2)32-30-25(35)19-12-6-9-15-22(19)38-3/h4-15H,16H2,1-3,39H3. The lowest BCUT2D eigenvalue weighted by atomic mass is 10.2. The summed E-state index contributed by atoms with van der Waals surface area (Å²) in [6.07, 6.45) is 0. The Kier molecular flexibility index (Phi) is 9.98. The van der Waals surface area contributed by atoms with Crippen molar-refractivity contribution >= 4 is 28.0 Å². The van der Waals surface area contributed by atoms with E-state index in [1.807, 2.05) is 0 Å². The van der Waals surface area contributed by atoms with Crippen LogP contribution in [0, 0.1) is 0 Å². The van der Waals surface area contributed by atoms with Crippen molar-refractivity contribution in [1.82, 2.24) is 0 Å². The molecule has 0 spiro atoms. The molecular formula is C26H26N6O6Si. The number of hydrogen-bond donors (Lipinski definition) is 0. The number of azo groups is 3. The van der Waals surface area contributed by atoms with Crippen molar-refractivity contribution in [2.75, 3.05) is 27.9 Å². The van der Waals surface area contributed by atoms with E-state index in [2.05, 4.69) is 30.7 Å². The predicted molar refractivity (Wildman–Crippen MR) is 144 cm³/mol. The summed E-state index contributed by atoms with van der Waals surface area (Å²) in [5.74, 6) is -1.07. The summed E-state index contributed by atoms with van der Waals surface area (Å²) in [4.78, 5) is 38.1. The zero-order chi connectivity index (χ0) is 28.3. The zero-order valence-corrected chi connectivity index (χ0v) is 23.8. The van der Waals surface area contributed by atoms with Gasteiger partial charge in [-0.05, 0) is 36.4 Å². The molecule has 13 heteroatoms. The second-order valence-electron chi connectivity index (χ2n) is 8.03. The molecule has 0 aliphatic rings. The first kappa shape index (κ1) is 28.7. The van der Waals surface area contributed by atoms with Gasteiger partial charge in [0.05, 0.1) is 48.3 Å². The summed E-state index contributed by atoms with van der Waals surface area (Å²) in [5, 5.41) is 21.8. The maximum atomic E-state index is 12.7. The summed E-state index contributed by atoms with van der Waals surface area (Å²) >= 11 is 0. The van der Waals surface area contributed by atoms with Crippen LogP contribution in [0.3, 0.4) is 0 Å². The third-order valence-corrected chi connectivity index (χ3v) is 5.97. The number of carbonyl (C=O) groups excluding carboxylic acids is 3. The number of benzene rings is 3. The molecule has 0 bridgehead atoms. The second-order valence-corrected chi connectivity index (χ2v) is 9.63. The highest BCUT2D eigenvalue weighted by atomic mass is 28.1. The Balaban J connectivity index is 1.89. The molecule has 3 rings (SSSR count). The Morgan fingerprint density at radius 3 is 1.31 bits per heavy atom. The average Bonchev–Trinajstić information content (AvgIpc) is 2.98. The number of ether oxygens (including phenoxy) is 3. The van der Waals surface area contributed by atoms with Gasteiger partial charge < -0.3 is 14.2 Å². The van der Waals surface area contributed by atoms with Gasteiger partial charge in [-0.2, -0.15) is 15.3 Å². The van der Waals surface area contributed by atoms with Crippen LogP contribution in [0.15, 0.2) is 103 Å². The summed E-state index contributed by atoms with van der Waals surface area (Å²) in [5.41, 5.74) is 0.578. The van der Waals surface area contributed by atoms with Crippen LogP contribution in [-0.2, 0) is 0 Å². The number of hydrogen-bond acceptors (Lipinski definition) is 9. The van der Waals surface area contributed by atoms with Gasteiger partial charge in [-0.1, -0.05) is 36.4 Å². The van der Waals surface area contributed by atoms with Crippen molar-refractivity contribution in [2.45, 2.75) is 5.29 Å². The Morgan fingerprint density at radius 1 is 0.615 bits per heavy atom. The molecule has 3 amide bonds. The number of carbonyl (C=O) groups is 3. The van der Waals surface area contributed by atoms with E-state index in [1.54, 1.807) is 60.7 Å². The predicted octanol–water partition coefficient (Wildman–Crippen LogP) is 3.91. The van der Waals surface area contributed by atoms with Crippen LogP contribution in [-0.4, -0.2) is 61.1 Å². The van der Waals surface area contributed by atoms with Crippen LogP contribution in [0.2, 0.25) is 0 Å². The molecule has 0 fully saturated rings. The van der Waals surface area contributed by atoms with Crippen LogP contribution in [0.25, 0.3) is 0 Å². The van der Waals surface area contributed by atoms with Gasteiger partial charge in [0.2, 0.25) is 0 Å². The van der Waals surface area contributed by atoms with Gasteiger partial charge in [0.1, 0.15) is 23.8 Å². The van der Waals surface area contributed by atoms with E-state index in [0.29, 0.717) is 17.2 Å². The minimum absolute atomic E-state index is 0.104. The Labute approximate surface area is 227 Å². The summed E-state index contributed by atoms with van der Waals surface area (Å²) < 4.78 is 15.6. The molecule has 3 aromatic carbocycles. The molecule has 0 aliphatic carbocycles. The number of rotatable bonds is 10. The van der Waals surface area contributed by atoms with Crippen molar-refractivity contribution in [3.05, 3.63) is 89.5 Å². The molecule has 0 N–H and O–H groups in total. The minimum atomic E-state index is -1.53. The van der Waals surface area contributed by atoms with E-state index in [9.17, 15) is 14.4 Å². The van der Waals surface area contributed by atoms with Gasteiger partial charge in [-0.15, -0.1) is 15.3 Å². The SMILES string of the molecule is COc1ccccc1C(=O)N=NCC([SiH3])(N=NC(=O)c1ccccc1OC)N=NC(=O)c1ccccc1OC. The average molecular weight is 547 g/mol. The fourth-order valence-corrected chi connectivity index (χ4v) is 3.59. The van der Waals surface area contributed by atoms with Gasteiger partial charge in [-0.3, -0.25) is 14.4 Å². The van der Waals surface area contributed by atoms with Crippen molar-refractivity contribution in [3.63, 3.8) is 0 Å². The zero-order valence-electron chi connectivity index (χ0n) is 21.8. The minimum Gasteiger partial charge on any atom is -0.496 e. The topological polar surface area (TPSA) is 153 Å². The monoisotopic (exact) mass is 546 g/mol. The third kappa shape index (κ3) is 7.55. The van der Waals surface area contributed by atoms with Gasteiger partial charge in [0, 0.05) is 0 Å². The Hall–Kier alpha value is -4.91. The molecule has 39 heavy (non-hydrogen) atoms. The van der Waals surface area contributed by atoms with E-state index in [-0.39, 0.29) is 33.5 Å². The van der Waals surface area contributed by atoms with Crippen LogP contribution >= 0.6 is 0 Å². The Bertz CT molecular complexity index is 1370. The maximum Gasteiger partial charge on any atom is 0.298 e. The maximum absolute atomic E-state index is 12.7. The summed E-state index contributed by atoms with van der Waals surface area (Å²) in [7, 11) is 4.39. The molecule has 0 saturated carbocycles. The Morgan fingerprint density at radius 2 is 0.949 bits per heavy atom. The lowest BCUT2D eigenvalue weighted by Crippen LogP contribution is -2.28. The first-order valence-electron chi connectivity index (χ1n) is 11.6. The number of nitrogens with zero attached hydrogens (tertiary/aromatic N) is 6. The van der Waals surface area contributed by atoms with Gasteiger partial charge in [0.15, 0.2) is 5.29 Å². The molecule has 3 aromatic rings. The van der Waals surface area contributed by atoms with Gasteiger partial charge in [-0.25, -0.2) is 0 Å². The van der Waals surface area contributed by atoms with Crippen molar-refractivity contribution in [2.24, 2.45) is 30.7 Å². The number of methoxy groups -OCH3 is 3. The second kappa shape index (κ2) is 13.6. The van der Waals surface area contributed by atoms with Crippen molar-refractivity contribution in [3.8, 4) is 17.2 Å². The fraction of sp³-hybridized carbons (Fsp3) is 0.192. The van der Waals surface area contributed by atoms with E-state index < -0.39 is 23.0 Å². The summed E-state index contributed by atoms with van der Waals surface area (Å²) in [6, 6.07) is 19.6. The lowest BCUT2D eigenvalue weighted by molar-refractivity contribution is 0.0975. The lowest BCUT2D eigenvalue weighted by Gasteiger charge is -2.14. The normalized spacial score (nSPS) is 13.0. The van der Waals surface area contributed by atoms with Crippen LogP contribution in [0.4, 0.5) is 0 Å². The van der Waals surface area contributed by atoms with E-state index >= 15 is 0 Å². The molecule has 200 valence electrons. The van der Waals surface area contributed by atoms with Crippen LogP contribution in [0.1, 0.15) is 31.1 Å². The third-order valence-electron chi connectivity index (χ3n) is 5.26. The van der Waals surface area contributed by atoms with Crippen LogP contribution in [0.5, 0.6) is 17.2 Å². The van der Waals surface area contributed by atoms with E-state index in [1.165, 1.54) is 33.5 Å². The van der Waals surface area contributed by atoms with E-state index in [4.69, 9.17) is 14.2 Å². The summed E-state index contributed by atoms with van der Waals surface area (Å²) in [6.45, 7) is -0.300.